The molecular formula is C16H20F3N5S. The molecule has 0 atom stereocenters. The van der Waals surface area contributed by atoms with E-state index in [9.17, 15) is 13.2 Å². The van der Waals surface area contributed by atoms with Crippen LogP contribution >= 0.6 is 12.6 Å². The van der Waals surface area contributed by atoms with E-state index in [0.29, 0.717) is 23.1 Å². The highest BCUT2D eigenvalue weighted by Crippen LogP contribution is 2.29. The zero-order valence-corrected chi connectivity index (χ0v) is 14.8. The number of rotatable bonds is 4. The number of hydrogen-bond donors (Lipinski definition) is 1. The van der Waals surface area contributed by atoms with Crippen molar-refractivity contribution >= 4 is 12.6 Å². The van der Waals surface area contributed by atoms with Crippen LogP contribution in [0.1, 0.15) is 17.0 Å². The van der Waals surface area contributed by atoms with Crippen LogP contribution in [0.2, 0.25) is 0 Å². The fraction of sp³-hybridized carbons (Fsp3) is 0.500. The average Bonchev–Trinajstić information content (AvgIpc) is 2.90. The normalized spacial score (nSPS) is 17.2. The summed E-state index contributed by atoms with van der Waals surface area (Å²) in [6.07, 6.45) is -4.35. The lowest BCUT2D eigenvalue weighted by Crippen LogP contribution is -2.44. The van der Waals surface area contributed by atoms with E-state index in [1.54, 1.807) is 10.6 Å². The zero-order chi connectivity index (χ0) is 18.0. The molecule has 3 rings (SSSR count). The molecule has 0 bridgehead atoms. The standard InChI is InChI=1S/C16H20F3N5S/c1-22-5-7-23(8-6-22)11-14-20-21-15(25)24(14)10-12-3-2-4-13(9-12)16(17,18)19/h2-4,9H,5-8,10-11H2,1H3,(H,21,25). The van der Waals surface area contributed by atoms with Gasteiger partial charge in [-0.1, -0.05) is 12.1 Å². The van der Waals surface area contributed by atoms with Gasteiger partial charge in [-0.15, -0.1) is 22.8 Å². The topological polar surface area (TPSA) is 37.2 Å². The summed E-state index contributed by atoms with van der Waals surface area (Å²) >= 11 is 4.30. The molecule has 2 aromatic rings. The minimum atomic E-state index is -4.35. The third-order valence-electron chi connectivity index (χ3n) is 4.36. The second kappa shape index (κ2) is 7.35. The predicted molar refractivity (Wildman–Crippen MR) is 90.6 cm³/mol. The molecule has 0 spiro atoms. The molecule has 136 valence electrons. The van der Waals surface area contributed by atoms with Crippen molar-refractivity contribution in [3.63, 3.8) is 0 Å². The van der Waals surface area contributed by atoms with Crippen molar-refractivity contribution in [3.8, 4) is 0 Å². The summed E-state index contributed by atoms with van der Waals surface area (Å²) < 4.78 is 40.4. The first-order chi connectivity index (χ1) is 11.8. The lowest BCUT2D eigenvalue weighted by atomic mass is 10.1. The van der Waals surface area contributed by atoms with E-state index >= 15 is 0 Å². The van der Waals surface area contributed by atoms with Crippen LogP contribution in [0.15, 0.2) is 29.4 Å². The van der Waals surface area contributed by atoms with Crippen molar-refractivity contribution in [1.29, 1.82) is 0 Å². The van der Waals surface area contributed by atoms with Crippen molar-refractivity contribution in [2.45, 2.75) is 24.4 Å². The van der Waals surface area contributed by atoms with Crippen LogP contribution in [0.5, 0.6) is 0 Å². The molecule has 0 amide bonds. The van der Waals surface area contributed by atoms with Crippen LogP contribution in [0, 0.1) is 0 Å². The Morgan fingerprint density at radius 1 is 1.08 bits per heavy atom. The summed E-state index contributed by atoms with van der Waals surface area (Å²) in [5.74, 6) is 0.715. The molecule has 0 saturated carbocycles. The number of likely N-dealkylation sites (N-methyl/N-ethyl adjacent to an activating group) is 1. The lowest BCUT2D eigenvalue weighted by molar-refractivity contribution is -0.137. The van der Waals surface area contributed by atoms with E-state index in [1.165, 1.54) is 6.07 Å². The summed E-state index contributed by atoms with van der Waals surface area (Å²) in [5.41, 5.74) is -0.107. The SMILES string of the molecule is CN1CCN(Cc2nnc(S)n2Cc2cccc(C(F)(F)F)c2)CC1. The Labute approximate surface area is 149 Å². The number of benzene rings is 1. The molecule has 1 saturated heterocycles. The first-order valence-electron chi connectivity index (χ1n) is 8.01. The van der Waals surface area contributed by atoms with Gasteiger partial charge in [-0.05, 0) is 24.7 Å². The molecule has 1 aromatic carbocycles. The Morgan fingerprint density at radius 2 is 1.80 bits per heavy atom. The highest BCUT2D eigenvalue weighted by molar-refractivity contribution is 7.80. The van der Waals surface area contributed by atoms with Crippen LogP contribution in [0.4, 0.5) is 13.2 Å². The van der Waals surface area contributed by atoms with Crippen LogP contribution in [-0.4, -0.2) is 57.8 Å². The highest BCUT2D eigenvalue weighted by Gasteiger charge is 2.30. The van der Waals surface area contributed by atoms with Gasteiger partial charge in [0.25, 0.3) is 0 Å². The van der Waals surface area contributed by atoms with E-state index in [-0.39, 0.29) is 6.54 Å². The van der Waals surface area contributed by atoms with Crippen molar-refractivity contribution in [2.75, 3.05) is 33.2 Å². The van der Waals surface area contributed by atoms with Gasteiger partial charge in [0.1, 0.15) is 5.82 Å². The number of piperazine rings is 1. The summed E-state index contributed by atoms with van der Waals surface area (Å²) in [4.78, 5) is 4.52. The minimum absolute atomic E-state index is 0.263. The molecule has 1 aliphatic heterocycles. The molecule has 0 aliphatic carbocycles. The highest BCUT2D eigenvalue weighted by atomic mass is 32.1. The molecule has 2 heterocycles. The fourth-order valence-corrected chi connectivity index (χ4v) is 3.07. The Hall–Kier alpha value is -1.58. The minimum Gasteiger partial charge on any atom is -0.304 e. The monoisotopic (exact) mass is 371 g/mol. The Kier molecular flexibility index (Phi) is 5.35. The maximum Gasteiger partial charge on any atom is 0.416 e. The first kappa shape index (κ1) is 18.2. The van der Waals surface area contributed by atoms with E-state index in [0.717, 1.165) is 38.3 Å². The molecular weight excluding hydrogens is 351 g/mol. The average molecular weight is 371 g/mol. The van der Waals surface area contributed by atoms with Gasteiger partial charge in [-0.25, -0.2) is 0 Å². The number of nitrogens with zero attached hydrogens (tertiary/aromatic N) is 5. The Balaban J connectivity index is 1.76. The molecule has 0 radical (unpaired) electrons. The van der Waals surface area contributed by atoms with Crippen molar-refractivity contribution in [2.24, 2.45) is 0 Å². The Bertz CT molecular complexity index is 723. The smallest absolute Gasteiger partial charge is 0.304 e. The number of alkyl halides is 3. The van der Waals surface area contributed by atoms with Gasteiger partial charge >= 0.3 is 6.18 Å². The summed E-state index contributed by atoms with van der Waals surface area (Å²) in [6, 6.07) is 5.32. The largest absolute Gasteiger partial charge is 0.416 e. The van der Waals surface area contributed by atoms with Crippen LogP contribution in [-0.2, 0) is 19.3 Å². The molecule has 1 aromatic heterocycles. The molecule has 5 nitrogen and oxygen atoms in total. The van der Waals surface area contributed by atoms with Crippen LogP contribution in [0.25, 0.3) is 0 Å². The summed E-state index contributed by atoms with van der Waals surface area (Å²) in [7, 11) is 2.08. The van der Waals surface area contributed by atoms with Crippen LogP contribution < -0.4 is 0 Å². The zero-order valence-electron chi connectivity index (χ0n) is 13.9. The maximum atomic E-state index is 12.9. The number of thiol groups is 1. The maximum absolute atomic E-state index is 12.9. The van der Waals surface area contributed by atoms with Gasteiger partial charge in [0.15, 0.2) is 5.16 Å². The van der Waals surface area contributed by atoms with Gasteiger partial charge in [0.2, 0.25) is 0 Å². The molecule has 0 N–H and O–H groups in total. The molecule has 1 fully saturated rings. The molecule has 0 unspecified atom stereocenters. The quantitative estimate of drug-likeness (QED) is 0.838. The van der Waals surface area contributed by atoms with Gasteiger partial charge in [-0.3, -0.25) is 4.90 Å². The first-order valence-corrected chi connectivity index (χ1v) is 8.46. The van der Waals surface area contributed by atoms with Crippen LogP contribution in [0.3, 0.4) is 0 Å². The van der Waals surface area contributed by atoms with E-state index < -0.39 is 11.7 Å². The fourth-order valence-electron chi connectivity index (χ4n) is 2.84. The van der Waals surface area contributed by atoms with Gasteiger partial charge in [-0.2, -0.15) is 13.2 Å². The van der Waals surface area contributed by atoms with Gasteiger partial charge in [0.05, 0.1) is 18.7 Å². The van der Waals surface area contributed by atoms with E-state index in [1.807, 2.05) is 0 Å². The number of hydrogen-bond acceptors (Lipinski definition) is 5. The molecule has 9 heteroatoms. The number of aromatic nitrogens is 3. The lowest BCUT2D eigenvalue weighted by Gasteiger charge is -2.31. The number of halogens is 3. The third kappa shape index (κ3) is 4.53. The summed E-state index contributed by atoms with van der Waals surface area (Å²) in [5, 5.41) is 8.54. The van der Waals surface area contributed by atoms with Gasteiger partial charge in [0, 0.05) is 26.2 Å². The van der Waals surface area contributed by atoms with E-state index in [2.05, 4.69) is 39.7 Å². The molecule has 1 aliphatic rings. The van der Waals surface area contributed by atoms with Gasteiger partial charge < -0.3 is 9.47 Å². The predicted octanol–water partition coefficient (Wildman–Crippen LogP) is 2.38. The van der Waals surface area contributed by atoms with Crippen molar-refractivity contribution in [3.05, 3.63) is 41.2 Å². The second-order valence-corrected chi connectivity index (χ2v) is 6.68. The van der Waals surface area contributed by atoms with E-state index in [4.69, 9.17) is 0 Å². The van der Waals surface area contributed by atoms with Crippen molar-refractivity contribution in [1.82, 2.24) is 24.6 Å². The second-order valence-electron chi connectivity index (χ2n) is 6.28. The summed E-state index contributed by atoms with van der Waals surface area (Å²) in [6.45, 7) is 4.69. The molecule has 25 heavy (non-hydrogen) atoms. The Morgan fingerprint density at radius 3 is 2.48 bits per heavy atom. The third-order valence-corrected chi connectivity index (χ3v) is 4.69. The van der Waals surface area contributed by atoms with Crippen molar-refractivity contribution < 1.29 is 13.2 Å².